The molecule has 1 fully saturated rings. The van der Waals surface area contributed by atoms with E-state index in [-0.39, 0.29) is 6.04 Å². The molecule has 0 saturated heterocycles. The quantitative estimate of drug-likeness (QED) is 0.549. The van der Waals surface area contributed by atoms with Crippen LogP contribution in [-0.4, -0.2) is 11.1 Å². The predicted octanol–water partition coefficient (Wildman–Crippen LogP) is 5.60. The maximum absolute atomic E-state index is 6.06. The highest BCUT2D eigenvalue weighted by Crippen LogP contribution is 2.25. The van der Waals surface area contributed by atoms with Crippen molar-refractivity contribution in [3.05, 3.63) is 68.8 Å². The fourth-order valence-corrected chi connectivity index (χ4v) is 4.82. The van der Waals surface area contributed by atoms with Crippen molar-refractivity contribution in [3.63, 3.8) is 0 Å². The number of hydrogen-bond donors (Lipinski definition) is 1. The molecule has 1 unspecified atom stereocenters. The molecule has 1 aliphatic rings. The smallest absolute Gasteiger partial charge is 0.119 e. The second-order valence-corrected chi connectivity index (χ2v) is 8.51. The van der Waals surface area contributed by atoms with Crippen LogP contribution in [0.3, 0.4) is 0 Å². The van der Waals surface area contributed by atoms with Crippen LogP contribution >= 0.6 is 22.7 Å². The summed E-state index contributed by atoms with van der Waals surface area (Å²) >= 11 is 3.47. The minimum atomic E-state index is 0.249. The Morgan fingerprint density at radius 2 is 1.92 bits per heavy atom. The Bertz CT molecular complexity index is 763. The zero-order valence-electron chi connectivity index (χ0n) is 14.8. The van der Waals surface area contributed by atoms with Crippen molar-refractivity contribution in [3.8, 4) is 5.75 Å². The lowest BCUT2D eigenvalue weighted by molar-refractivity contribution is 0.210. The van der Waals surface area contributed by atoms with Gasteiger partial charge in [0.2, 0.25) is 0 Å². The van der Waals surface area contributed by atoms with Crippen molar-refractivity contribution in [2.45, 2.75) is 50.8 Å². The van der Waals surface area contributed by atoms with E-state index in [1.165, 1.54) is 36.8 Å². The van der Waals surface area contributed by atoms with Gasteiger partial charge in [-0.25, -0.2) is 4.98 Å². The molecular weight excluding hydrogens is 360 g/mol. The van der Waals surface area contributed by atoms with Gasteiger partial charge in [0.1, 0.15) is 10.8 Å². The summed E-state index contributed by atoms with van der Waals surface area (Å²) < 4.78 is 6.06. The molecule has 1 N–H and O–H groups in total. The number of aromatic nitrogens is 1. The maximum atomic E-state index is 6.06. The maximum Gasteiger partial charge on any atom is 0.119 e. The summed E-state index contributed by atoms with van der Waals surface area (Å²) in [4.78, 5) is 4.52. The van der Waals surface area contributed by atoms with Gasteiger partial charge >= 0.3 is 0 Å². The molecule has 2 heterocycles. The number of benzene rings is 1. The molecule has 3 nitrogen and oxygen atoms in total. The Labute approximate surface area is 163 Å². The summed E-state index contributed by atoms with van der Waals surface area (Å²) in [6, 6.07) is 11.0. The number of nitrogens with one attached hydrogen (secondary N) is 1. The van der Waals surface area contributed by atoms with Gasteiger partial charge in [0.15, 0.2) is 0 Å². The molecular formula is C21H24N2OS2. The molecule has 1 aromatic carbocycles. The van der Waals surface area contributed by atoms with Gasteiger partial charge in [-0.15, -0.1) is 11.3 Å². The molecule has 4 rings (SSSR count). The average molecular weight is 385 g/mol. The number of ether oxygens (including phenoxy) is 1. The number of nitrogens with zero attached hydrogens (tertiary/aromatic N) is 1. The summed E-state index contributed by atoms with van der Waals surface area (Å²) in [5.74, 6) is 0.996. The van der Waals surface area contributed by atoms with Gasteiger partial charge in [-0.05, 0) is 72.2 Å². The van der Waals surface area contributed by atoms with Crippen LogP contribution < -0.4 is 10.1 Å². The normalized spacial score (nSPS) is 16.0. The first-order valence-corrected chi connectivity index (χ1v) is 11.1. The predicted molar refractivity (Wildman–Crippen MR) is 109 cm³/mol. The highest BCUT2D eigenvalue weighted by atomic mass is 32.1. The van der Waals surface area contributed by atoms with Crippen molar-refractivity contribution in [2.75, 3.05) is 0 Å². The van der Waals surface area contributed by atoms with Crippen molar-refractivity contribution in [1.29, 1.82) is 0 Å². The van der Waals surface area contributed by atoms with E-state index >= 15 is 0 Å². The fraction of sp³-hybridized carbons (Fsp3) is 0.381. The summed E-state index contributed by atoms with van der Waals surface area (Å²) in [6.07, 6.45) is 8.27. The van der Waals surface area contributed by atoms with Crippen molar-refractivity contribution < 1.29 is 4.74 Å². The zero-order chi connectivity index (χ0) is 17.6. The minimum Gasteiger partial charge on any atom is -0.490 e. The standard InChI is InChI=1S/C21H24N2OS2/c1-2-4-18(3-1)24-19-7-5-16(6-8-19)14-23-20(21-22-10-12-26-21)13-17-9-11-25-15-17/h5-12,15,18,20,23H,1-4,13-14H2. The third-order valence-corrected chi connectivity index (χ3v) is 6.47. The molecule has 0 spiro atoms. The van der Waals surface area contributed by atoms with Gasteiger partial charge in [-0.1, -0.05) is 12.1 Å². The largest absolute Gasteiger partial charge is 0.490 e. The van der Waals surface area contributed by atoms with Gasteiger partial charge in [-0.3, -0.25) is 0 Å². The Hall–Kier alpha value is -1.69. The van der Waals surface area contributed by atoms with Gasteiger partial charge < -0.3 is 10.1 Å². The van der Waals surface area contributed by atoms with Crippen LogP contribution in [-0.2, 0) is 13.0 Å². The summed E-state index contributed by atoms with van der Waals surface area (Å²) in [7, 11) is 0. The second kappa shape index (κ2) is 8.80. The monoisotopic (exact) mass is 384 g/mol. The highest BCUT2D eigenvalue weighted by Gasteiger charge is 2.17. The van der Waals surface area contributed by atoms with E-state index in [1.54, 1.807) is 22.7 Å². The number of thiophene rings is 1. The zero-order valence-corrected chi connectivity index (χ0v) is 16.4. The van der Waals surface area contributed by atoms with E-state index in [0.29, 0.717) is 6.10 Å². The SMILES string of the molecule is c1csc(C(Cc2ccsc2)NCc2ccc(OC3CCCC3)cc2)n1. The van der Waals surface area contributed by atoms with E-state index in [9.17, 15) is 0 Å². The highest BCUT2D eigenvalue weighted by molar-refractivity contribution is 7.09. The summed E-state index contributed by atoms with van der Waals surface area (Å²) in [5, 5.41) is 11.2. The average Bonchev–Trinajstić information content (AvgIpc) is 3.42. The molecule has 5 heteroatoms. The van der Waals surface area contributed by atoms with Crippen LogP contribution in [0.15, 0.2) is 52.7 Å². The van der Waals surface area contributed by atoms with Crippen LogP contribution in [0.2, 0.25) is 0 Å². The third-order valence-electron chi connectivity index (χ3n) is 4.85. The molecule has 1 aliphatic carbocycles. The Balaban J connectivity index is 1.36. The van der Waals surface area contributed by atoms with Crippen molar-refractivity contribution >= 4 is 22.7 Å². The molecule has 0 radical (unpaired) electrons. The minimum absolute atomic E-state index is 0.249. The molecule has 26 heavy (non-hydrogen) atoms. The molecule has 0 amide bonds. The van der Waals surface area contributed by atoms with Gasteiger partial charge in [0.25, 0.3) is 0 Å². The first kappa shape index (κ1) is 17.7. The summed E-state index contributed by atoms with van der Waals surface area (Å²) in [5.41, 5.74) is 2.64. The lowest BCUT2D eigenvalue weighted by atomic mass is 10.1. The van der Waals surface area contributed by atoms with E-state index in [2.05, 4.69) is 51.4 Å². The second-order valence-electron chi connectivity index (χ2n) is 6.81. The molecule has 136 valence electrons. The lowest BCUT2D eigenvalue weighted by Gasteiger charge is -2.17. The van der Waals surface area contributed by atoms with E-state index in [0.717, 1.165) is 23.7 Å². The first-order chi connectivity index (χ1) is 12.9. The van der Waals surface area contributed by atoms with Gasteiger partial charge in [-0.2, -0.15) is 11.3 Å². The van der Waals surface area contributed by atoms with E-state index in [1.807, 2.05) is 11.6 Å². The first-order valence-electron chi connectivity index (χ1n) is 9.26. The molecule has 1 saturated carbocycles. The van der Waals surface area contributed by atoms with Crippen molar-refractivity contribution in [2.24, 2.45) is 0 Å². The number of thiazole rings is 1. The topological polar surface area (TPSA) is 34.1 Å². The molecule has 3 aromatic rings. The lowest BCUT2D eigenvalue weighted by Crippen LogP contribution is -2.22. The van der Waals surface area contributed by atoms with Crippen LogP contribution in [0.25, 0.3) is 0 Å². The number of hydrogen-bond acceptors (Lipinski definition) is 5. The molecule has 2 aromatic heterocycles. The fourth-order valence-electron chi connectivity index (χ4n) is 3.42. The Morgan fingerprint density at radius 1 is 1.08 bits per heavy atom. The van der Waals surface area contributed by atoms with Crippen LogP contribution in [0, 0.1) is 0 Å². The van der Waals surface area contributed by atoms with Gasteiger partial charge in [0.05, 0.1) is 12.1 Å². The van der Waals surface area contributed by atoms with E-state index in [4.69, 9.17) is 4.74 Å². The molecule has 1 atom stereocenters. The third kappa shape index (κ3) is 4.72. The number of rotatable bonds is 8. The van der Waals surface area contributed by atoms with Crippen molar-refractivity contribution in [1.82, 2.24) is 10.3 Å². The molecule has 0 bridgehead atoms. The van der Waals surface area contributed by atoms with Crippen LogP contribution in [0.1, 0.15) is 47.9 Å². The molecule has 0 aliphatic heterocycles. The Morgan fingerprint density at radius 3 is 2.62 bits per heavy atom. The van der Waals surface area contributed by atoms with Crippen LogP contribution in [0.5, 0.6) is 5.75 Å². The van der Waals surface area contributed by atoms with Crippen LogP contribution in [0.4, 0.5) is 0 Å². The van der Waals surface area contributed by atoms with Gasteiger partial charge in [0, 0.05) is 18.1 Å². The summed E-state index contributed by atoms with van der Waals surface area (Å²) in [6.45, 7) is 0.831. The van der Waals surface area contributed by atoms with E-state index < -0.39 is 0 Å². The Kier molecular flexibility index (Phi) is 5.99.